The number of aromatic carboxylic acids is 1. The fourth-order valence-electron chi connectivity index (χ4n) is 6.07. The minimum absolute atomic E-state index is 0.0923. The zero-order valence-electron chi connectivity index (χ0n) is 34.6. The number of ketones is 1. The first-order chi connectivity index (χ1) is 26.2. The second kappa shape index (κ2) is 27.3. The lowest BCUT2D eigenvalue weighted by atomic mass is 9.98. The van der Waals surface area contributed by atoms with E-state index in [0.29, 0.717) is 5.56 Å². The van der Waals surface area contributed by atoms with E-state index in [1.807, 2.05) is 49.4 Å². The molecule has 0 saturated carbocycles. The first kappa shape index (κ1) is 49.6. The molecule has 0 aromatic heterocycles. The van der Waals surface area contributed by atoms with Crippen molar-refractivity contribution >= 4 is 76.0 Å². The standard InChI is InChI=1S/C22H30N2O.C11H15NO2.C11H17N.Al.3ClH/c1-6-23(7-2)19-12-10-18(11-13-19)22(25)21-15-14-20(16-17(21)5)24(8-3)9-4;1-3-12(4-2)10-7-5-9(6-8-10)11(13)14;1-4-12(5-2)11-8-6-7-10(3)9-11;;;;/h10-16H,6-9H2,1-5H3;5-8H,3-4H2,1-2H3,(H,13,14);6-9H,4-5H2,1-3H3;;3*1H/q;;;+3;;;/p-3. The lowest BCUT2D eigenvalue weighted by Gasteiger charge is -2.22. The van der Waals surface area contributed by atoms with Crippen LogP contribution in [0.3, 0.4) is 0 Å². The maximum Gasteiger partial charge on any atom is 0.643 e. The van der Waals surface area contributed by atoms with Crippen molar-refractivity contribution in [3.05, 3.63) is 119 Å². The van der Waals surface area contributed by atoms with Crippen LogP contribution in [0.25, 0.3) is 0 Å². The first-order valence-electron chi connectivity index (χ1n) is 19.3. The van der Waals surface area contributed by atoms with E-state index >= 15 is 0 Å². The minimum atomic E-state index is -1.72. The van der Waals surface area contributed by atoms with Gasteiger partial charge in [0.2, 0.25) is 0 Å². The molecule has 0 aliphatic heterocycles. The molecule has 55 heavy (non-hydrogen) atoms. The summed E-state index contributed by atoms with van der Waals surface area (Å²) in [6.07, 6.45) is 0. The van der Waals surface area contributed by atoms with Gasteiger partial charge in [-0.05, 0) is 159 Å². The van der Waals surface area contributed by atoms with Gasteiger partial charge in [-0.15, -0.1) is 0 Å². The van der Waals surface area contributed by atoms with Crippen LogP contribution in [-0.2, 0) is 0 Å². The summed E-state index contributed by atoms with van der Waals surface area (Å²) >= 11 is -1.72. The fraction of sp³-hybridized carbons (Fsp3) is 0.409. The number of benzene rings is 4. The SMILES string of the molecule is CCN(CC)c1ccc(C(=O)O)cc1.CCN(CC)c1ccc(C(=O)c2ccc(N(CC)CC)cc2C)cc1.CCN(CC)c1cccc(C)c1.[Cl][Al]([Cl])[Cl]. The number of carbonyl (C=O) groups is 2. The third-order valence-electron chi connectivity index (χ3n) is 9.21. The van der Waals surface area contributed by atoms with Gasteiger partial charge in [0.1, 0.15) is 0 Å². The summed E-state index contributed by atoms with van der Waals surface area (Å²) in [6, 6.07) is 29.7. The van der Waals surface area contributed by atoms with Gasteiger partial charge in [-0.3, -0.25) is 4.79 Å². The van der Waals surface area contributed by atoms with Gasteiger partial charge in [0.05, 0.1) is 5.56 Å². The second-order valence-electron chi connectivity index (χ2n) is 12.5. The fourth-order valence-corrected chi connectivity index (χ4v) is 6.07. The smallest absolute Gasteiger partial charge is 0.478 e. The molecule has 4 rings (SSSR count). The maximum atomic E-state index is 12.9. The van der Waals surface area contributed by atoms with Crippen LogP contribution in [-0.4, -0.2) is 80.6 Å². The number of rotatable bonds is 15. The highest BCUT2D eigenvalue weighted by Crippen LogP contribution is 2.23. The van der Waals surface area contributed by atoms with E-state index in [9.17, 15) is 9.59 Å². The molecule has 300 valence electrons. The van der Waals surface area contributed by atoms with Crippen LogP contribution in [0.5, 0.6) is 0 Å². The van der Waals surface area contributed by atoms with E-state index in [4.69, 9.17) is 35.3 Å². The maximum absolute atomic E-state index is 12.9. The highest BCUT2D eigenvalue weighted by molar-refractivity contribution is 7.54. The Morgan fingerprint density at radius 1 is 0.509 bits per heavy atom. The second-order valence-corrected chi connectivity index (χ2v) is 18.9. The summed E-state index contributed by atoms with van der Waals surface area (Å²) < 4.78 is 0. The number of hydrogen-bond acceptors (Lipinski definition) is 6. The molecule has 7 nitrogen and oxygen atoms in total. The number of nitrogens with zero attached hydrogens (tertiary/aromatic N) is 4. The van der Waals surface area contributed by atoms with E-state index in [0.717, 1.165) is 80.4 Å². The van der Waals surface area contributed by atoms with Crippen molar-refractivity contribution in [2.24, 2.45) is 0 Å². The third-order valence-corrected chi connectivity index (χ3v) is 9.21. The number of hydrogen-bond donors (Lipinski definition) is 1. The molecule has 0 aliphatic carbocycles. The van der Waals surface area contributed by atoms with E-state index in [2.05, 4.69) is 118 Å². The number of aryl methyl sites for hydroxylation is 2. The quantitative estimate of drug-likeness (QED) is 0.0945. The van der Waals surface area contributed by atoms with Gasteiger partial charge in [0.25, 0.3) is 0 Å². The molecule has 4 aromatic carbocycles. The Kier molecular flexibility index (Phi) is 24.6. The molecule has 0 spiro atoms. The molecule has 0 unspecified atom stereocenters. The molecule has 0 atom stereocenters. The minimum Gasteiger partial charge on any atom is -0.478 e. The predicted octanol–water partition coefficient (Wildman–Crippen LogP) is 11.7. The highest BCUT2D eigenvalue weighted by Gasteiger charge is 2.14. The van der Waals surface area contributed by atoms with Gasteiger partial charge in [-0.25, -0.2) is 34.9 Å². The normalized spacial score (nSPS) is 9.98. The number of anilines is 4. The molecular formula is C44H62AlCl3N4O3. The van der Waals surface area contributed by atoms with Crippen LogP contribution in [0.2, 0.25) is 0 Å². The molecular weight excluding hydrogens is 766 g/mol. The number of halogens is 3. The summed E-state index contributed by atoms with van der Waals surface area (Å²) in [5.41, 5.74) is 8.97. The van der Waals surface area contributed by atoms with Crippen LogP contribution in [0.1, 0.15) is 92.8 Å². The molecule has 0 fully saturated rings. The average Bonchev–Trinajstić information content (AvgIpc) is 3.17. The van der Waals surface area contributed by atoms with Crippen molar-refractivity contribution in [3.63, 3.8) is 0 Å². The van der Waals surface area contributed by atoms with E-state index < -0.39 is 17.4 Å². The van der Waals surface area contributed by atoms with E-state index in [1.165, 1.54) is 16.9 Å². The van der Waals surface area contributed by atoms with Crippen LogP contribution in [0.4, 0.5) is 22.7 Å². The monoisotopic (exact) mass is 826 g/mol. The molecule has 0 aliphatic rings. The molecule has 11 heteroatoms. The lowest BCUT2D eigenvalue weighted by molar-refractivity contribution is 0.0696. The van der Waals surface area contributed by atoms with Crippen molar-refractivity contribution in [1.82, 2.24) is 0 Å². The number of carbonyl (C=O) groups excluding carboxylic acids is 1. The summed E-state index contributed by atoms with van der Waals surface area (Å²) in [4.78, 5) is 32.6. The zero-order chi connectivity index (χ0) is 41.5. The molecule has 0 bridgehead atoms. The van der Waals surface area contributed by atoms with Crippen molar-refractivity contribution in [3.8, 4) is 0 Å². The molecule has 4 aromatic rings. The van der Waals surface area contributed by atoms with Crippen LogP contribution < -0.4 is 19.6 Å². The summed E-state index contributed by atoms with van der Waals surface area (Å²) in [6.45, 7) is 29.2. The van der Waals surface area contributed by atoms with E-state index in [-0.39, 0.29) is 5.78 Å². The van der Waals surface area contributed by atoms with Gasteiger partial charge in [0, 0.05) is 86.2 Å². The Balaban J connectivity index is 0.000000425. The molecule has 0 radical (unpaired) electrons. The van der Waals surface area contributed by atoms with Crippen molar-refractivity contribution in [2.45, 2.75) is 69.2 Å². The van der Waals surface area contributed by atoms with Gasteiger partial charge in [-0.1, -0.05) is 12.1 Å². The summed E-state index contributed by atoms with van der Waals surface area (Å²) in [5, 5.41) is 8.72. The predicted molar refractivity (Wildman–Crippen MR) is 243 cm³/mol. The molecule has 1 N–H and O–H groups in total. The topological polar surface area (TPSA) is 67.3 Å². The van der Waals surface area contributed by atoms with Crippen LogP contribution in [0, 0.1) is 13.8 Å². The van der Waals surface area contributed by atoms with Gasteiger partial charge in [-0.2, -0.15) is 0 Å². The van der Waals surface area contributed by atoms with Crippen molar-refractivity contribution in [2.75, 3.05) is 72.0 Å². The Morgan fingerprint density at radius 2 is 0.855 bits per heavy atom. The highest BCUT2D eigenvalue weighted by atomic mass is 35.8. The lowest BCUT2D eigenvalue weighted by Crippen LogP contribution is -2.22. The molecule has 0 saturated heterocycles. The Bertz CT molecular complexity index is 1670. The Labute approximate surface area is 348 Å². The number of carboxylic acids is 1. The average molecular weight is 828 g/mol. The zero-order valence-corrected chi connectivity index (χ0v) is 38.0. The van der Waals surface area contributed by atoms with E-state index in [1.54, 1.807) is 12.1 Å². The van der Waals surface area contributed by atoms with Gasteiger partial charge in [0.15, 0.2) is 5.78 Å². The Hall–Kier alpha value is -3.38. The van der Waals surface area contributed by atoms with Crippen LogP contribution >= 0.6 is 30.1 Å². The first-order valence-corrected chi connectivity index (χ1v) is 24.6. The largest absolute Gasteiger partial charge is 0.643 e. The van der Waals surface area contributed by atoms with Crippen molar-refractivity contribution in [1.29, 1.82) is 0 Å². The summed E-state index contributed by atoms with van der Waals surface area (Å²) in [7, 11) is 14.8. The van der Waals surface area contributed by atoms with Crippen molar-refractivity contribution < 1.29 is 14.7 Å². The summed E-state index contributed by atoms with van der Waals surface area (Å²) in [5.74, 6) is -0.786. The van der Waals surface area contributed by atoms with Gasteiger partial charge >= 0.3 is 17.4 Å². The molecule has 0 heterocycles. The third kappa shape index (κ3) is 17.1. The Morgan fingerprint density at radius 3 is 1.20 bits per heavy atom. The molecule has 0 amide bonds. The van der Waals surface area contributed by atoms with Gasteiger partial charge < -0.3 is 24.7 Å². The number of carboxylic acid groups (broad SMARTS) is 1. The van der Waals surface area contributed by atoms with Crippen LogP contribution in [0.15, 0.2) is 91.0 Å².